The molecule has 20 heavy (non-hydrogen) atoms. The van der Waals surface area contributed by atoms with Gasteiger partial charge in [0.05, 0.1) is 0 Å². The van der Waals surface area contributed by atoms with E-state index >= 15 is 0 Å². The maximum absolute atomic E-state index is 6.02. The quantitative estimate of drug-likeness (QED) is 0.747. The van der Waals surface area contributed by atoms with E-state index in [1.807, 2.05) is 18.2 Å². The van der Waals surface area contributed by atoms with Gasteiger partial charge in [-0.25, -0.2) is 0 Å². The molecule has 0 amide bonds. The van der Waals surface area contributed by atoms with Crippen molar-refractivity contribution in [2.45, 2.75) is 19.8 Å². The lowest BCUT2D eigenvalue weighted by atomic mass is 10.1. The molecule has 0 fully saturated rings. The fraction of sp³-hybridized carbons (Fsp3) is 0.214. The van der Waals surface area contributed by atoms with Gasteiger partial charge in [0.25, 0.3) is 5.78 Å². The number of hydrogen-bond acceptors (Lipinski definition) is 4. The molecule has 0 bridgehead atoms. The third-order valence-electron chi connectivity index (χ3n) is 3.02. The molecule has 5 nitrogen and oxygen atoms in total. The second kappa shape index (κ2) is 5.46. The molecule has 3 aromatic rings. The lowest BCUT2D eigenvalue weighted by Crippen LogP contribution is -2.03. The smallest absolute Gasteiger partial charge is 0.255 e. The Hall–Kier alpha value is -2.14. The van der Waals surface area contributed by atoms with Crippen molar-refractivity contribution in [3.05, 3.63) is 47.4 Å². The molecular formula is C14H14ClN5. The van der Waals surface area contributed by atoms with Gasteiger partial charge in [-0.2, -0.15) is 19.6 Å². The van der Waals surface area contributed by atoms with Crippen molar-refractivity contribution in [1.82, 2.24) is 19.6 Å². The zero-order valence-electron chi connectivity index (χ0n) is 11.0. The van der Waals surface area contributed by atoms with E-state index in [-0.39, 0.29) is 0 Å². The van der Waals surface area contributed by atoms with Crippen LogP contribution in [0.25, 0.3) is 5.78 Å². The first-order chi connectivity index (χ1) is 9.78. The first-order valence-electron chi connectivity index (χ1n) is 6.49. The summed E-state index contributed by atoms with van der Waals surface area (Å²) in [5.41, 5.74) is 2.31. The van der Waals surface area contributed by atoms with Crippen LogP contribution < -0.4 is 5.32 Å². The van der Waals surface area contributed by atoms with Crippen LogP contribution in [-0.2, 0) is 6.42 Å². The number of anilines is 2. The predicted octanol–water partition coefficient (Wildman–Crippen LogP) is 3.47. The maximum Gasteiger partial charge on any atom is 0.255 e. The normalized spacial score (nSPS) is 10.9. The highest BCUT2D eigenvalue weighted by atomic mass is 35.5. The molecule has 2 aromatic heterocycles. The van der Waals surface area contributed by atoms with Gasteiger partial charge in [-0.15, -0.1) is 0 Å². The van der Waals surface area contributed by atoms with Crippen LogP contribution >= 0.6 is 11.6 Å². The van der Waals surface area contributed by atoms with Gasteiger partial charge in [0.2, 0.25) is 0 Å². The molecule has 0 radical (unpaired) electrons. The fourth-order valence-corrected chi connectivity index (χ4v) is 2.32. The molecular weight excluding hydrogens is 274 g/mol. The molecule has 102 valence electrons. The van der Waals surface area contributed by atoms with Crippen molar-refractivity contribution in [3.8, 4) is 0 Å². The number of fused-ring (bicyclic) bond motifs is 1. The van der Waals surface area contributed by atoms with Crippen molar-refractivity contribution in [3.63, 3.8) is 0 Å². The van der Waals surface area contributed by atoms with Crippen molar-refractivity contribution in [1.29, 1.82) is 0 Å². The van der Waals surface area contributed by atoms with Gasteiger partial charge in [0.1, 0.15) is 17.3 Å². The average molecular weight is 288 g/mol. The molecule has 6 heteroatoms. The van der Waals surface area contributed by atoms with E-state index in [1.165, 1.54) is 11.9 Å². The molecule has 2 heterocycles. The molecule has 0 aliphatic heterocycles. The third kappa shape index (κ3) is 2.44. The Balaban J connectivity index is 2.03. The van der Waals surface area contributed by atoms with Crippen molar-refractivity contribution >= 4 is 28.9 Å². The summed E-state index contributed by atoms with van der Waals surface area (Å²) in [7, 11) is 0. The van der Waals surface area contributed by atoms with E-state index in [0.29, 0.717) is 10.9 Å². The molecule has 0 saturated heterocycles. The summed E-state index contributed by atoms with van der Waals surface area (Å²) >= 11 is 6.02. The summed E-state index contributed by atoms with van der Waals surface area (Å²) in [6.45, 7) is 2.16. The standard InChI is InChI=1S/C14H14ClN5/c1-2-5-10-6-3-4-7-11(10)18-13-8-12(15)19-14-16-9-17-20(13)14/h3-4,6-9,18H,2,5H2,1H3. The number of aryl methyl sites for hydroxylation is 1. The van der Waals surface area contributed by atoms with Crippen LogP contribution in [0, 0.1) is 0 Å². The van der Waals surface area contributed by atoms with E-state index in [4.69, 9.17) is 11.6 Å². The van der Waals surface area contributed by atoms with Gasteiger partial charge in [0, 0.05) is 11.8 Å². The van der Waals surface area contributed by atoms with Crippen molar-refractivity contribution in [2.75, 3.05) is 5.32 Å². The first kappa shape index (κ1) is 12.9. The molecule has 0 aliphatic rings. The van der Waals surface area contributed by atoms with Crippen molar-refractivity contribution < 1.29 is 0 Å². The lowest BCUT2D eigenvalue weighted by Gasteiger charge is -2.12. The van der Waals surface area contributed by atoms with E-state index in [0.717, 1.165) is 24.3 Å². The first-order valence-corrected chi connectivity index (χ1v) is 6.87. The zero-order chi connectivity index (χ0) is 13.9. The largest absolute Gasteiger partial charge is 0.340 e. The highest BCUT2D eigenvalue weighted by molar-refractivity contribution is 6.29. The van der Waals surface area contributed by atoms with Crippen LogP contribution in [-0.4, -0.2) is 19.6 Å². The van der Waals surface area contributed by atoms with Crippen LogP contribution in [0.3, 0.4) is 0 Å². The maximum atomic E-state index is 6.02. The SMILES string of the molecule is CCCc1ccccc1Nc1cc(Cl)nc2ncnn12. The zero-order valence-corrected chi connectivity index (χ0v) is 11.8. The Kier molecular flexibility index (Phi) is 3.52. The van der Waals surface area contributed by atoms with Crippen LogP contribution in [0.2, 0.25) is 5.15 Å². The average Bonchev–Trinajstić information content (AvgIpc) is 2.89. The van der Waals surface area contributed by atoms with Gasteiger partial charge in [0.15, 0.2) is 0 Å². The second-order valence-corrected chi connectivity index (χ2v) is 4.86. The molecule has 0 unspecified atom stereocenters. The van der Waals surface area contributed by atoms with Crippen molar-refractivity contribution in [2.24, 2.45) is 0 Å². The Morgan fingerprint density at radius 1 is 1.30 bits per heavy atom. The van der Waals surface area contributed by atoms with Crippen LogP contribution in [0.4, 0.5) is 11.5 Å². The summed E-state index contributed by atoms with van der Waals surface area (Å²) in [6, 6.07) is 9.95. The summed E-state index contributed by atoms with van der Waals surface area (Å²) in [6.07, 6.45) is 3.57. The highest BCUT2D eigenvalue weighted by Gasteiger charge is 2.08. The molecule has 0 spiro atoms. The van der Waals surface area contributed by atoms with E-state index in [2.05, 4.69) is 33.4 Å². The molecule has 0 aliphatic carbocycles. The van der Waals surface area contributed by atoms with Crippen LogP contribution in [0.15, 0.2) is 36.7 Å². The number of para-hydroxylation sites is 1. The lowest BCUT2D eigenvalue weighted by molar-refractivity contribution is 0.918. The molecule has 1 aromatic carbocycles. The minimum absolute atomic E-state index is 0.390. The van der Waals surface area contributed by atoms with E-state index in [9.17, 15) is 0 Å². The summed E-state index contributed by atoms with van der Waals surface area (Å²) in [4.78, 5) is 8.17. The summed E-state index contributed by atoms with van der Waals surface area (Å²) in [5.74, 6) is 1.23. The number of aromatic nitrogens is 4. The van der Waals surface area contributed by atoms with Gasteiger partial charge < -0.3 is 5.32 Å². The summed E-state index contributed by atoms with van der Waals surface area (Å²) in [5, 5.41) is 7.91. The Morgan fingerprint density at radius 2 is 2.15 bits per heavy atom. The predicted molar refractivity (Wildman–Crippen MR) is 79.5 cm³/mol. The monoisotopic (exact) mass is 287 g/mol. The number of hydrogen-bond donors (Lipinski definition) is 1. The number of nitrogens with zero attached hydrogens (tertiary/aromatic N) is 4. The summed E-state index contributed by atoms with van der Waals surface area (Å²) < 4.78 is 1.63. The highest BCUT2D eigenvalue weighted by Crippen LogP contribution is 2.23. The molecule has 1 N–H and O–H groups in total. The Bertz CT molecular complexity index is 737. The van der Waals surface area contributed by atoms with Gasteiger partial charge >= 0.3 is 0 Å². The van der Waals surface area contributed by atoms with E-state index < -0.39 is 0 Å². The minimum Gasteiger partial charge on any atom is -0.340 e. The van der Waals surface area contributed by atoms with Crippen LogP contribution in [0.1, 0.15) is 18.9 Å². The minimum atomic E-state index is 0.390. The molecule has 0 atom stereocenters. The number of rotatable bonds is 4. The van der Waals surface area contributed by atoms with Gasteiger partial charge in [-0.3, -0.25) is 0 Å². The van der Waals surface area contributed by atoms with E-state index in [1.54, 1.807) is 10.6 Å². The second-order valence-electron chi connectivity index (χ2n) is 4.47. The van der Waals surface area contributed by atoms with Gasteiger partial charge in [-0.1, -0.05) is 43.1 Å². The van der Waals surface area contributed by atoms with Crippen LogP contribution in [0.5, 0.6) is 0 Å². The topological polar surface area (TPSA) is 55.1 Å². The fourth-order valence-electron chi connectivity index (χ4n) is 2.14. The number of nitrogens with one attached hydrogen (secondary N) is 1. The number of halogens is 1. The molecule has 3 rings (SSSR count). The Morgan fingerprint density at radius 3 is 3.00 bits per heavy atom. The number of benzene rings is 1. The molecule has 0 saturated carbocycles. The third-order valence-corrected chi connectivity index (χ3v) is 3.21. The Labute approximate surface area is 121 Å². The van der Waals surface area contributed by atoms with Gasteiger partial charge in [-0.05, 0) is 18.1 Å².